The molecule has 4 aromatic heterocycles. The Labute approximate surface area is 355 Å². The second-order valence-corrected chi connectivity index (χ2v) is 17.2. The van der Waals surface area contributed by atoms with Gasteiger partial charge in [0.05, 0.1) is 0 Å². The van der Waals surface area contributed by atoms with Gasteiger partial charge < -0.3 is 15.2 Å². The molecular formula is C40H36Cl2FN7O8S2. The molecule has 4 N–H and O–H groups in total. The second-order valence-electron chi connectivity index (χ2n) is 13.2. The van der Waals surface area contributed by atoms with Gasteiger partial charge in [0, 0.05) is 0 Å². The molecule has 4 heterocycles. The molecule has 0 spiro atoms. The Balaban J connectivity index is 0.000000228. The van der Waals surface area contributed by atoms with E-state index in [4.69, 9.17) is 38.4 Å². The Bertz CT molecular complexity index is 2640. The van der Waals surface area contributed by atoms with Crippen molar-refractivity contribution in [2.24, 2.45) is 0 Å². The van der Waals surface area contributed by atoms with Crippen molar-refractivity contribution in [3.63, 3.8) is 0 Å². The van der Waals surface area contributed by atoms with Gasteiger partial charge in [-0.15, -0.1) is 0 Å². The summed E-state index contributed by atoms with van der Waals surface area (Å²) in [5.74, 6) is -2.27. The molecular weight excluding hydrogens is 861 g/mol. The van der Waals surface area contributed by atoms with E-state index in [0.717, 1.165) is 45.5 Å². The first-order chi connectivity index (χ1) is 28.1. The number of aromatic nitrogens is 4. The highest BCUT2D eigenvalue weighted by Crippen LogP contribution is 2.33. The lowest BCUT2D eigenvalue weighted by Gasteiger charge is -2.15. The zero-order valence-corrected chi connectivity index (χ0v) is 35.8. The molecule has 6 rings (SSSR count). The van der Waals surface area contributed by atoms with Crippen molar-refractivity contribution in [3.8, 4) is 23.3 Å². The number of hydrogen-bond acceptors (Lipinski definition) is 13. The van der Waals surface area contributed by atoms with Gasteiger partial charge in [-0.2, -0.15) is 21.2 Å². The number of carbonyl (C=O) groups is 2. The normalized spacial score (nSPS) is 11.2. The molecule has 2 amide bonds. The molecule has 0 aliphatic rings. The summed E-state index contributed by atoms with van der Waals surface area (Å²) < 4.78 is 78.6. The third-order valence-electron chi connectivity index (χ3n) is 8.19. The Morgan fingerprint density at radius 2 is 0.967 bits per heavy atom. The first kappa shape index (κ1) is 44.9. The van der Waals surface area contributed by atoms with Gasteiger partial charge in [0.15, 0.2) is 10.1 Å². The number of benzene rings is 2. The lowest BCUT2D eigenvalue weighted by atomic mass is 10.1. The van der Waals surface area contributed by atoms with E-state index < -0.39 is 42.8 Å². The van der Waals surface area contributed by atoms with Crippen LogP contribution in [0.25, 0.3) is 0 Å². The summed E-state index contributed by atoms with van der Waals surface area (Å²) in [7, 11) is -8.68. The molecule has 0 saturated carbocycles. The number of sulfonamides is 2. The van der Waals surface area contributed by atoms with Gasteiger partial charge in [-0.3, -0.25) is 9.59 Å². The quantitative estimate of drug-likeness (QED) is 0.113. The number of anilines is 1. The topological polar surface area (TPSA) is 223 Å². The average Bonchev–Trinajstić information content (AvgIpc) is 3.14. The summed E-state index contributed by atoms with van der Waals surface area (Å²) in [4.78, 5) is 40.6. The Hall–Kier alpha value is -6.21. The van der Waals surface area contributed by atoms with E-state index >= 15 is 0 Å². The number of ether oxygens (including phenoxy) is 2. The number of carbonyl (C=O) groups excluding carboxylic acids is 2. The summed E-state index contributed by atoms with van der Waals surface area (Å²) in [6.45, 7) is 11.3. The fourth-order valence-corrected chi connectivity index (χ4v) is 7.91. The first-order valence-corrected chi connectivity index (χ1v) is 21.2. The minimum absolute atomic E-state index is 0.00725. The van der Waals surface area contributed by atoms with Crippen LogP contribution in [0, 0.1) is 47.5 Å². The van der Waals surface area contributed by atoms with Crippen LogP contribution in [0.3, 0.4) is 0 Å². The van der Waals surface area contributed by atoms with E-state index in [-0.39, 0.29) is 44.0 Å². The Morgan fingerprint density at radius 3 is 1.35 bits per heavy atom. The predicted octanol–water partition coefficient (Wildman–Crippen LogP) is 7.65. The van der Waals surface area contributed by atoms with Crippen LogP contribution in [-0.4, -0.2) is 48.6 Å². The van der Waals surface area contributed by atoms with Crippen molar-refractivity contribution in [1.29, 1.82) is 0 Å². The van der Waals surface area contributed by atoms with Crippen molar-refractivity contribution < 1.29 is 40.3 Å². The van der Waals surface area contributed by atoms with Gasteiger partial charge in [0.2, 0.25) is 17.7 Å². The molecule has 60 heavy (non-hydrogen) atoms. The largest absolute Gasteiger partial charge is 0.438 e. The van der Waals surface area contributed by atoms with E-state index in [2.05, 4.69) is 19.9 Å². The van der Waals surface area contributed by atoms with Gasteiger partial charge in [-0.05, 0) is 112 Å². The third-order valence-corrected chi connectivity index (χ3v) is 11.1. The number of nitrogens with one attached hydrogen (secondary N) is 2. The molecule has 0 fully saturated rings. The molecule has 0 unspecified atom stereocenters. The molecule has 0 aliphatic heterocycles. The number of rotatable bonds is 10. The fraction of sp³-hybridized carbons (Fsp3) is 0.150. The van der Waals surface area contributed by atoms with E-state index in [1.165, 1.54) is 48.5 Å². The first-order valence-electron chi connectivity index (χ1n) is 17.5. The minimum Gasteiger partial charge on any atom is -0.438 e. The van der Waals surface area contributed by atoms with Gasteiger partial charge >= 0.3 is 0 Å². The fourth-order valence-electron chi connectivity index (χ4n) is 5.76. The highest BCUT2D eigenvalue weighted by molar-refractivity contribution is 7.90. The molecule has 0 atom stereocenters. The smallest absolute Gasteiger partial charge is 0.281 e. The van der Waals surface area contributed by atoms with Crippen LogP contribution in [-0.2, 0) is 20.0 Å². The molecule has 20 heteroatoms. The number of hydrogen-bond donors (Lipinski definition) is 3. The van der Waals surface area contributed by atoms with E-state index in [1.54, 1.807) is 0 Å². The predicted molar refractivity (Wildman–Crippen MR) is 222 cm³/mol. The molecule has 312 valence electrons. The van der Waals surface area contributed by atoms with Crippen molar-refractivity contribution in [3.05, 3.63) is 146 Å². The molecule has 2 aromatic carbocycles. The summed E-state index contributed by atoms with van der Waals surface area (Å²) in [5, 5.41) is -0.876. The maximum absolute atomic E-state index is 13.3. The van der Waals surface area contributed by atoms with Crippen LogP contribution < -0.4 is 24.7 Å². The SMILES string of the molecule is Cc1cc(C)c(Oc2nc(Cl)ccc2C(=O)NS(=O)(=O)c2cccc(F)n2)c(C)c1.Cc1cc(C)c(Oc2nc(Cl)ccc2C(=O)NS(=O)(=O)c2cccc(N)n2)c(C)c1. The van der Waals surface area contributed by atoms with Gasteiger partial charge in [0.1, 0.15) is 38.8 Å². The number of amides is 2. The molecule has 6 aromatic rings. The van der Waals surface area contributed by atoms with E-state index in [1.807, 2.05) is 75.3 Å². The van der Waals surface area contributed by atoms with Crippen LogP contribution >= 0.6 is 23.2 Å². The number of nitrogen functional groups attached to an aromatic ring is 1. The number of nitrogens with zero attached hydrogens (tertiary/aromatic N) is 4. The Kier molecular flexibility index (Phi) is 13.7. The lowest BCUT2D eigenvalue weighted by Crippen LogP contribution is -2.31. The lowest BCUT2D eigenvalue weighted by molar-refractivity contribution is 0.0969. The summed E-state index contributed by atoms with van der Waals surface area (Å²) in [6.07, 6.45) is 0. The van der Waals surface area contributed by atoms with Gasteiger partial charge in [0.25, 0.3) is 31.9 Å². The maximum Gasteiger partial charge on any atom is 0.281 e. The number of nitrogens with two attached hydrogens (primary N) is 1. The zero-order valence-electron chi connectivity index (χ0n) is 32.7. The summed E-state index contributed by atoms with van der Waals surface area (Å²) in [6, 6.07) is 20.2. The van der Waals surface area contributed by atoms with Crippen molar-refractivity contribution in [1.82, 2.24) is 29.4 Å². The second kappa shape index (κ2) is 18.4. The molecule has 0 aliphatic carbocycles. The van der Waals surface area contributed by atoms with Gasteiger partial charge in [-0.25, -0.2) is 29.4 Å². The van der Waals surface area contributed by atoms with Crippen LogP contribution in [0.1, 0.15) is 54.1 Å². The summed E-state index contributed by atoms with van der Waals surface area (Å²) in [5.41, 5.74) is 10.6. The minimum atomic E-state index is -4.42. The van der Waals surface area contributed by atoms with Crippen molar-refractivity contribution in [2.45, 2.75) is 51.6 Å². The monoisotopic (exact) mass is 895 g/mol. The van der Waals surface area contributed by atoms with Crippen molar-refractivity contribution >= 4 is 60.9 Å². The highest BCUT2D eigenvalue weighted by Gasteiger charge is 2.26. The molecule has 0 saturated heterocycles. The highest BCUT2D eigenvalue weighted by atomic mass is 35.5. The number of halogens is 3. The number of pyridine rings is 4. The number of aryl methyl sites for hydroxylation is 6. The average molecular weight is 897 g/mol. The standard InChI is InChI=1S/C20H17ClFN3O4S.C20H19ClN4O4S/c2*1-11-9-12(2)18(13(3)10-11)29-20-14(7-8-15(21)23-20)19(26)25-30(27,28)17-6-4-5-16(22)24-17/h4-10H,1-3H3,(H,25,26);4-10H,1-3H3,(H2,22,24)(H,25,26). The van der Waals surface area contributed by atoms with E-state index in [9.17, 15) is 30.8 Å². The molecule has 15 nitrogen and oxygen atoms in total. The molecule has 0 radical (unpaired) electrons. The van der Waals surface area contributed by atoms with Crippen LogP contribution in [0.2, 0.25) is 10.3 Å². The molecule has 0 bridgehead atoms. The third kappa shape index (κ3) is 11.1. The Morgan fingerprint density at radius 1 is 0.583 bits per heavy atom. The maximum atomic E-state index is 13.3. The zero-order chi connectivity index (χ0) is 44.1. The van der Waals surface area contributed by atoms with Crippen LogP contribution in [0.4, 0.5) is 10.2 Å². The van der Waals surface area contributed by atoms with Crippen molar-refractivity contribution in [2.75, 3.05) is 5.73 Å². The van der Waals surface area contributed by atoms with E-state index in [0.29, 0.717) is 11.5 Å². The van der Waals surface area contributed by atoms with Crippen LogP contribution in [0.15, 0.2) is 95.0 Å². The van der Waals surface area contributed by atoms with Crippen LogP contribution in [0.5, 0.6) is 23.3 Å². The van der Waals surface area contributed by atoms with Gasteiger partial charge in [-0.1, -0.05) is 70.7 Å². The summed E-state index contributed by atoms with van der Waals surface area (Å²) >= 11 is 11.9.